The Balaban J connectivity index is 2.72. The third-order valence-corrected chi connectivity index (χ3v) is 1.54. The average molecular weight is 185 g/mol. The molecule has 0 aromatic heterocycles. The minimum Gasteiger partial charge on any atom is -0.352 e. The van der Waals surface area contributed by atoms with E-state index in [1.807, 2.05) is 0 Å². The van der Waals surface area contributed by atoms with E-state index in [1.54, 1.807) is 0 Å². The van der Waals surface area contributed by atoms with Crippen LogP contribution in [0.3, 0.4) is 0 Å². The zero-order chi connectivity index (χ0) is 9.84. The molecular weight excluding hydrogens is 176 g/mol. The van der Waals surface area contributed by atoms with E-state index < -0.39 is 11.6 Å². The van der Waals surface area contributed by atoms with Gasteiger partial charge in [0.15, 0.2) is 0 Å². The smallest absolute Gasteiger partial charge is 0.217 e. The van der Waals surface area contributed by atoms with Crippen LogP contribution < -0.4 is 5.32 Å². The maximum Gasteiger partial charge on any atom is 0.217 e. The first-order valence-electron chi connectivity index (χ1n) is 3.78. The van der Waals surface area contributed by atoms with Gasteiger partial charge in [-0.25, -0.2) is 8.78 Å². The van der Waals surface area contributed by atoms with Crippen LogP contribution in [0.25, 0.3) is 0 Å². The van der Waals surface area contributed by atoms with Crippen molar-refractivity contribution in [1.29, 1.82) is 0 Å². The predicted octanol–water partition coefficient (Wildman–Crippen LogP) is 1.60. The van der Waals surface area contributed by atoms with E-state index in [-0.39, 0.29) is 18.0 Å². The van der Waals surface area contributed by atoms with Crippen LogP contribution in [0, 0.1) is 11.6 Å². The second-order valence-electron chi connectivity index (χ2n) is 2.65. The first-order valence-corrected chi connectivity index (χ1v) is 3.78. The van der Waals surface area contributed by atoms with Gasteiger partial charge in [0.2, 0.25) is 5.91 Å². The molecule has 0 radical (unpaired) electrons. The van der Waals surface area contributed by atoms with Crippen molar-refractivity contribution < 1.29 is 13.6 Å². The van der Waals surface area contributed by atoms with E-state index in [4.69, 9.17) is 0 Å². The number of carbonyl (C=O) groups excluding carboxylic acids is 1. The average Bonchev–Trinajstić information content (AvgIpc) is 2.02. The molecule has 1 amide bonds. The van der Waals surface area contributed by atoms with Gasteiger partial charge in [-0.05, 0) is 6.07 Å². The van der Waals surface area contributed by atoms with Gasteiger partial charge < -0.3 is 5.32 Å². The van der Waals surface area contributed by atoms with Crippen molar-refractivity contribution in [2.75, 3.05) is 0 Å². The Morgan fingerprint density at radius 1 is 1.46 bits per heavy atom. The number of benzene rings is 1. The molecule has 0 saturated carbocycles. The Kier molecular flexibility index (Phi) is 2.95. The van der Waals surface area contributed by atoms with Crippen molar-refractivity contribution in [3.63, 3.8) is 0 Å². The SMILES string of the molecule is CC(=O)NCc1ccc(F)cc1F. The van der Waals surface area contributed by atoms with Crippen LogP contribution in [0.5, 0.6) is 0 Å². The van der Waals surface area contributed by atoms with Gasteiger partial charge in [0.05, 0.1) is 0 Å². The van der Waals surface area contributed by atoms with Crippen LogP contribution in [0.2, 0.25) is 0 Å². The lowest BCUT2D eigenvalue weighted by atomic mass is 10.2. The molecule has 1 N–H and O–H groups in total. The summed E-state index contributed by atoms with van der Waals surface area (Å²) in [6.45, 7) is 1.42. The zero-order valence-corrected chi connectivity index (χ0v) is 7.10. The first-order chi connectivity index (χ1) is 6.09. The minimum atomic E-state index is -0.645. The molecule has 1 aromatic rings. The van der Waals surface area contributed by atoms with Gasteiger partial charge in [0.25, 0.3) is 0 Å². The Bertz CT molecular complexity index is 325. The summed E-state index contributed by atoms with van der Waals surface area (Å²) in [6.07, 6.45) is 0. The van der Waals surface area contributed by atoms with Crippen LogP contribution in [0.4, 0.5) is 8.78 Å². The van der Waals surface area contributed by atoms with Gasteiger partial charge in [0.1, 0.15) is 11.6 Å². The molecule has 0 aliphatic rings. The number of hydrogen-bond donors (Lipinski definition) is 1. The summed E-state index contributed by atoms with van der Waals surface area (Å²) in [5.74, 6) is -1.51. The van der Waals surface area contributed by atoms with Gasteiger partial charge in [-0.15, -0.1) is 0 Å². The fourth-order valence-electron chi connectivity index (χ4n) is 0.885. The largest absolute Gasteiger partial charge is 0.352 e. The fraction of sp³-hybridized carbons (Fsp3) is 0.222. The van der Waals surface area contributed by atoms with Crippen LogP contribution in [0.15, 0.2) is 18.2 Å². The second kappa shape index (κ2) is 3.98. The standard InChI is InChI=1S/C9H9F2NO/c1-6(13)12-5-7-2-3-8(10)4-9(7)11/h2-4H,5H2,1H3,(H,12,13). The quantitative estimate of drug-likeness (QED) is 0.745. The Hall–Kier alpha value is -1.45. The lowest BCUT2D eigenvalue weighted by Gasteiger charge is -2.03. The molecule has 70 valence electrons. The number of rotatable bonds is 2. The summed E-state index contributed by atoms with van der Waals surface area (Å²) in [5.41, 5.74) is 0.275. The normalized spacial score (nSPS) is 9.77. The molecule has 13 heavy (non-hydrogen) atoms. The first kappa shape index (κ1) is 9.64. The number of amides is 1. The molecular formula is C9H9F2NO. The predicted molar refractivity (Wildman–Crippen MR) is 43.9 cm³/mol. The molecule has 0 aliphatic heterocycles. The van der Waals surface area contributed by atoms with E-state index in [1.165, 1.54) is 13.0 Å². The van der Waals surface area contributed by atoms with E-state index in [9.17, 15) is 13.6 Å². The molecule has 0 spiro atoms. The van der Waals surface area contributed by atoms with Crippen molar-refractivity contribution >= 4 is 5.91 Å². The summed E-state index contributed by atoms with van der Waals surface area (Å²) < 4.78 is 25.3. The third kappa shape index (κ3) is 2.82. The number of carbonyl (C=O) groups is 1. The maximum atomic E-state index is 12.9. The van der Waals surface area contributed by atoms with Gasteiger partial charge in [0, 0.05) is 25.1 Å². The van der Waals surface area contributed by atoms with Crippen LogP contribution >= 0.6 is 0 Å². The Labute approximate surface area is 74.6 Å². The topological polar surface area (TPSA) is 29.1 Å². The molecule has 1 aromatic carbocycles. The minimum absolute atomic E-state index is 0.0848. The van der Waals surface area contributed by atoms with Gasteiger partial charge in [-0.3, -0.25) is 4.79 Å². The molecule has 1 rings (SSSR count). The highest BCUT2D eigenvalue weighted by Gasteiger charge is 2.03. The summed E-state index contributed by atoms with van der Waals surface area (Å²) in [6, 6.07) is 3.25. The van der Waals surface area contributed by atoms with E-state index in [2.05, 4.69) is 5.32 Å². The molecule has 0 heterocycles. The molecule has 4 heteroatoms. The van der Waals surface area contributed by atoms with Gasteiger partial charge in [-0.2, -0.15) is 0 Å². The fourth-order valence-corrected chi connectivity index (χ4v) is 0.885. The van der Waals surface area contributed by atoms with Crippen molar-refractivity contribution in [1.82, 2.24) is 5.32 Å². The van der Waals surface area contributed by atoms with E-state index in [0.717, 1.165) is 12.1 Å². The molecule has 0 fully saturated rings. The highest BCUT2D eigenvalue weighted by molar-refractivity contribution is 5.72. The summed E-state index contributed by atoms with van der Waals surface area (Å²) >= 11 is 0. The van der Waals surface area contributed by atoms with Crippen LogP contribution in [0.1, 0.15) is 12.5 Å². The number of hydrogen-bond acceptors (Lipinski definition) is 1. The monoisotopic (exact) mass is 185 g/mol. The molecule has 0 bridgehead atoms. The molecule has 0 saturated heterocycles. The number of halogens is 2. The highest BCUT2D eigenvalue weighted by Crippen LogP contribution is 2.08. The van der Waals surface area contributed by atoms with Crippen LogP contribution in [-0.4, -0.2) is 5.91 Å². The van der Waals surface area contributed by atoms with Crippen molar-refractivity contribution in [2.24, 2.45) is 0 Å². The zero-order valence-electron chi connectivity index (χ0n) is 7.10. The maximum absolute atomic E-state index is 12.9. The van der Waals surface area contributed by atoms with E-state index >= 15 is 0 Å². The lowest BCUT2D eigenvalue weighted by molar-refractivity contribution is -0.119. The van der Waals surface area contributed by atoms with Crippen molar-refractivity contribution in [3.8, 4) is 0 Å². The second-order valence-corrected chi connectivity index (χ2v) is 2.65. The summed E-state index contributed by atoms with van der Waals surface area (Å²) in [5, 5.41) is 2.42. The Morgan fingerprint density at radius 3 is 2.69 bits per heavy atom. The molecule has 2 nitrogen and oxygen atoms in total. The molecule has 0 aliphatic carbocycles. The molecule has 0 unspecified atom stereocenters. The Morgan fingerprint density at radius 2 is 2.15 bits per heavy atom. The van der Waals surface area contributed by atoms with Gasteiger partial charge >= 0.3 is 0 Å². The van der Waals surface area contributed by atoms with E-state index in [0.29, 0.717) is 0 Å². The number of nitrogens with one attached hydrogen (secondary N) is 1. The van der Waals surface area contributed by atoms with Gasteiger partial charge in [-0.1, -0.05) is 6.07 Å². The van der Waals surface area contributed by atoms with Crippen molar-refractivity contribution in [2.45, 2.75) is 13.5 Å². The summed E-state index contributed by atoms with van der Waals surface area (Å²) in [7, 11) is 0. The molecule has 0 atom stereocenters. The van der Waals surface area contributed by atoms with Crippen LogP contribution in [-0.2, 0) is 11.3 Å². The van der Waals surface area contributed by atoms with Crippen molar-refractivity contribution in [3.05, 3.63) is 35.4 Å². The highest BCUT2D eigenvalue weighted by atomic mass is 19.1. The third-order valence-electron chi connectivity index (χ3n) is 1.54. The summed E-state index contributed by atoms with van der Waals surface area (Å²) in [4.78, 5) is 10.5. The lowest BCUT2D eigenvalue weighted by Crippen LogP contribution is -2.19.